The molecule has 0 aromatic rings. The van der Waals surface area contributed by atoms with E-state index in [0.29, 0.717) is 25.9 Å². The lowest BCUT2D eigenvalue weighted by Crippen LogP contribution is -2.38. The largest absolute Gasteiger partial charge is 0.453 e. The molecule has 68 valence electrons. The number of amides is 1. The molecule has 1 aliphatic heterocycles. The topological polar surface area (TPSA) is 62.1 Å². The normalized spacial score (nSPS) is 17.4. The summed E-state index contributed by atoms with van der Waals surface area (Å²) in [5.74, 6) is 0. The number of likely N-dealkylation sites (tertiary alicyclic amines) is 1. The molecule has 1 fully saturated rings. The molecule has 0 atom stereocenters. The van der Waals surface area contributed by atoms with Crippen LogP contribution in [0.4, 0.5) is 4.79 Å². The van der Waals surface area contributed by atoms with Crippen LogP contribution in [0.15, 0.2) is 5.16 Å². The molecule has 5 nitrogen and oxygen atoms in total. The number of rotatable bonds is 0. The van der Waals surface area contributed by atoms with Crippen LogP contribution >= 0.6 is 0 Å². The van der Waals surface area contributed by atoms with E-state index in [4.69, 9.17) is 5.21 Å². The van der Waals surface area contributed by atoms with E-state index in [9.17, 15) is 4.79 Å². The van der Waals surface area contributed by atoms with Gasteiger partial charge in [-0.15, -0.1) is 0 Å². The lowest BCUT2D eigenvalue weighted by Gasteiger charge is -2.25. The molecule has 1 aliphatic rings. The number of hydrogen-bond acceptors (Lipinski definition) is 4. The second-order valence-electron chi connectivity index (χ2n) is 2.62. The Kier molecular flexibility index (Phi) is 2.90. The molecule has 0 radical (unpaired) electrons. The van der Waals surface area contributed by atoms with Crippen molar-refractivity contribution in [3.05, 3.63) is 0 Å². The van der Waals surface area contributed by atoms with Gasteiger partial charge in [-0.05, 0) is 0 Å². The highest BCUT2D eigenvalue weighted by atomic mass is 16.5. The fourth-order valence-corrected chi connectivity index (χ4v) is 1.18. The van der Waals surface area contributed by atoms with Gasteiger partial charge in [0.2, 0.25) is 0 Å². The molecule has 0 aromatic carbocycles. The summed E-state index contributed by atoms with van der Waals surface area (Å²) in [7, 11) is 1.36. The molecule has 1 N–H and O–H groups in total. The van der Waals surface area contributed by atoms with Crippen LogP contribution in [0.3, 0.4) is 0 Å². The van der Waals surface area contributed by atoms with Crippen LogP contribution in [-0.2, 0) is 4.74 Å². The molecule has 1 rings (SSSR count). The lowest BCUT2D eigenvalue weighted by molar-refractivity contribution is 0.123. The van der Waals surface area contributed by atoms with Crippen molar-refractivity contribution >= 4 is 11.8 Å². The first-order valence-electron chi connectivity index (χ1n) is 3.80. The monoisotopic (exact) mass is 172 g/mol. The van der Waals surface area contributed by atoms with Crippen LogP contribution in [0.25, 0.3) is 0 Å². The van der Waals surface area contributed by atoms with E-state index in [-0.39, 0.29) is 6.09 Å². The van der Waals surface area contributed by atoms with Crippen LogP contribution in [0.2, 0.25) is 0 Å². The predicted octanol–water partition coefficient (Wildman–Crippen LogP) is 0.679. The zero-order valence-corrected chi connectivity index (χ0v) is 6.99. The fraction of sp³-hybridized carbons (Fsp3) is 0.714. The molecule has 0 saturated carbocycles. The minimum Gasteiger partial charge on any atom is -0.453 e. The van der Waals surface area contributed by atoms with Crippen molar-refractivity contribution in [1.82, 2.24) is 4.90 Å². The molecular formula is C7H12N2O3. The maximum Gasteiger partial charge on any atom is 0.409 e. The Hall–Kier alpha value is -1.26. The van der Waals surface area contributed by atoms with Gasteiger partial charge in [0.05, 0.1) is 12.8 Å². The zero-order chi connectivity index (χ0) is 8.97. The zero-order valence-electron chi connectivity index (χ0n) is 6.99. The molecular weight excluding hydrogens is 160 g/mol. The third kappa shape index (κ3) is 1.87. The molecule has 0 unspecified atom stereocenters. The Morgan fingerprint density at radius 1 is 1.58 bits per heavy atom. The van der Waals surface area contributed by atoms with Gasteiger partial charge >= 0.3 is 6.09 Å². The molecule has 0 bridgehead atoms. The van der Waals surface area contributed by atoms with Gasteiger partial charge in [-0.25, -0.2) is 4.79 Å². The summed E-state index contributed by atoms with van der Waals surface area (Å²) in [6.07, 6.45) is 0.948. The van der Waals surface area contributed by atoms with Crippen LogP contribution in [-0.4, -0.2) is 42.1 Å². The third-order valence-corrected chi connectivity index (χ3v) is 1.91. The first-order valence-corrected chi connectivity index (χ1v) is 3.80. The van der Waals surface area contributed by atoms with E-state index in [2.05, 4.69) is 9.89 Å². The highest BCUT2D eigenvalue weighted by Crippen LogP contribution is 2.07. The van der Waals surface area contributed by atoms with Gasteiger partial charge < -0.3 is 14.8 Å². The first kappa shape index (κ1) is 8.83. The molecule has 5 heteroatoms. The van der Waals surface area contributed by atoms with E-state index >= 15 is 0 Å². The van der Waals surface area contributed by atoms with Gasteiger partial charge in [0.1, 0.15) is 0 Å². The number of carbonyl (C=O) groups excluding carboxylic acids is 1. The molecule has 0 spiro atoms. The van der Waals surface area contributed by atoms with Gasteiger partial charge in [0.15, 0.2) is 0 Å². The van der Waals surface area contributed by atoms with Crippen molar-refractivity contribution in [1.29, 1.82) is 0 Å². The Balaban J connectivity index is 2.41. The van der Waals surface area contributed by atoms with E-state index < -0.39 is 0 Å². The van der Waals surface area contributed by atoms with Crippen molar-refractivity contribution in [3.8, 4) is 0 Å². The minimum atomic E-state index is -0.313. The smallest absolute Gasteiger partial charge is 0.409 e. The number of piperidine rings is 1. The molecule has 12 heavy (non-hydrogen) atoms. The molecule has 0 aliphatic carbocycles. The van der Waals surface area contributed by atoms with E-state index in [1.807, 2.05) is 0 Å². The van der Waals surface area contributed by atoms with E-state index in [1.54, 1.807) is 4.90 Å². The van der Waals surface area contributed by atoms with Gasteiger partial charge in [0, 0.05) is 25.9 Å². The second-order valence-corrected chi connectivity index (χ2v) is 2.62. The molecule has 1 saturated heterocycles. The lowest BCUT2D eigenvalue weighted by atomic mass is 10.1. The number of carbonyl (C=O) groups is 1. The number of oxime groups is 1. The summed E-state index contributed by atoms with van der Waals surface area (Å²) in [6.45, 7) is 1.15. The second kappa shape index (κ2) is 3.94. The fourth-order valence-electron chi connectivity index (χ4n) is 1.18. The maximum absolute atomic E-state index is 11.0. The summed E-state index contributed by atoms with van der Waals surface area (Å²) in [5, 5.41) is 11.5. The average molecular weight is 172 g/mol. The van der Waals surface area contributed by atoms with Gasteiger partial charge in [0.25, 0.3) is 0 Å². The van der Waals surface area contributed by atoms with Gasteiger partial charge in [-0.1, -0.05) is 5.16 Å². The maximum atomic E-state index is 11.0. The molecule has 0 aromatic heterocycles. The Morgan fingerprint density at radius 3 is 2.58 bits per heavy atom. The molecule has 1 amide bonds. The van der Waals surface area contributed by atoms with Crippen molar-refractivity contribution in [2.75, 3.05) is 20.2 Å². The van der Waals surface area contributed by atoms with Gasteiger partial charge in [-0.2, -0.15) is 0 Å². The molecule has 1 heterocycles. The highest BCUT2D eigenvalue weighted by Gasteiger charge is 2.19. The number of hydrogen-bond donors (Lipinski definition) is 1. The van der Waals surface area contributed by atoms with Gasteiger partial charge in [-0.3, -0.25) is 0 Å². The Labute approximate surface area is 70.6 Å². The van der Waals surface area contributed by atoms with E-state index in [1.165, 1.54) is 7.11 Å². The summed E-state index contributed by atoms with van der Waals surface area (Å²) in [6, 6.07) is 0. The van der Waals surface area contributed by atoms with E-state index in [0.717, 1.165) is 5.71 Å². The number of methoxy groups -OCH3 is 1. The summed E-state index contributed by atoms with van der Waals surface area (Å²) in [4.78, 5) is 12.6. The third-order valence-electron chi connectivity index (χ3n) is 1.91. The minimum absolute atomic E-state index is 0.313. The van der Waals surface area contributed by atoms with Crippen molar-refractivity contribution in [3.63, 3.8) is 0 Å². The van der Waals surface area contributed by atoms with Crippen molar-refractivity contribution < 1.29 is 14.7 Å². The van der Waals surface area contributed by atoms with Crippen LogP contribution < -0.4 is 0 Å². The summed E-state index contributed by atoms with van der Waals surface area (Å²) >= 11 is 0. The highest BCUT2D eigenvalue weighted by molar-refractivity contribution is 5.86. The van der Waals surface area contributed by atoms with Crippen molar-refractivity contribution in [2.45, 2.75) is 12.8 Å². The van der Waals surface area contributed by atoms with Crippen LogP contribution in [0, 0.1) is 0 Å². The SMILES string of the molecule is COC(=O)N1CCC(=NO)CC1. The Bertz CT molecular complexity index is 193. The summed E-state index contributed by atoms with van der Waals surface area (Å²) < 4.78 is 4.54. The van der Waals surface area contributed by atoms with Crippen LogP contribution in [0.5, 0.6) is 0 Å². The average Bonchev–Trinajstić information content (AvgIpc) is 2.17. The van der Waals surface area contributed by atoms with Crippen molar-refractivity contribution in [2.24, 2.45) is 5.16 Å². The standard InChI is InChI=1S/C7H12N2O3/c1-12-7(10)9-4-2-6(8-11)3-5-9/h11H,2-5H2,1H3. The summed E-state index contributed by atoms with van der Waals surface area (Å²) in [5.41, 5.74) is 0.746. The van der Waals surface area contributed by atoms with Crippen LogP contribution in [0.1, 0.15) is 12.8 Å². The first-order chi connectivity index (χ1) is 5.77. The quantitative estimate of drug-likeness (QED) is 0.431. The predicted molar refractivity (Wildman–Crippen MR) is 42.4 cm³/mol. The Morgan fingerprint density at radius 2 is 2.17 bits per heavy atom. The number of ether oxygens (including phenoxy) is 1. The number of nitrogens with zero attached hydrogens (tertiary/aromatic N) is 2.